The highest BCUT2D eigenvalue weighted by atomic mass is 32.1. The van der Waals surface area contributed by atoms with Crippen molar-refractivity contribution in [1.29, 1.82) is 0 Å². The number of amides is 1. The Balaban J connectivity index is 1.60. The number of carbonyl (C=O) groups excluding carboxylic acids is 1. The predicted octanol–water partition coefficient (Wildman–Crippen LogP) is 4.47. The van der Waals surface area contributed by atoms with Crippen LogP contribution in [-0.2, 0) is 4.74 Å². The molecular weight excluding hydrogens is 304 g/mol. The molecule has 114 valence electrons. The zero-order valence-electron chi connectivity index (χ0n) is 12.6. The zero-order chi connectivity index (χ0) is 15.0. The molecule has 0 aliphatic carbocycles. The Morgan fingerprint density at radius 3 is 2.71 bits per heavy atom. The average Bonchev–Trinajstić information content (AvgIpc) is 2.97. The van der Waals surface area contributed by atoms with Gasteiger partial charge in [0.2, 0.25) is 0 Å². The Labute approximate surface area is 132 Å². The lowest BCUT2D eigenvalue weighted by Gasteiger charge is -2.32. The third kappa shape index (κ3) is 3.37. The molecule has 0 N–H and O–H groups in total. The number of ether oxygens (including phenoxy) is 1. The lowest BCUT2D eigenvalue weighted by Crippen LogP contribution is -2.41. The Kier molecular flexibility index (Phi) is 3.92. The highest BCUT2D eigenvalue weighted by Crippen LogP contribution is 2.35. The molecule has 1 fully saturated rings. The number of fused-ring (bicyclic) bond motifs is 1. The maximum atomic E-state index is 12.0. The molecule has 3 heterocycles. The van der Waals surface area contributed by atoms with E-state index in [1.54, 1.807) is 22.7 Å². The van der Waals surface area contributed by atoms with E-state index in [9.17, 15) is 4.79 Å². The van der Waals surface area contributed by atoms with Gasteiger partial charge in [0, 0.05) is 19.0 Å². The first-order valence-electron chi connectivity index (χ1n) is 7.24. The Bertz CT molecular complexity index is 605. The first-order valence-corrected chi connectivity index (χ1v) is 8.94. The van der Waals surface area contributed by atoms with Crippen LogP contribution in [0.2, 0.25) is 0 Å². The first-order chi connectivity index (χ1) is 9.92. The summed E-state index contributed by atoms with van der Waals surface area (Å²) >= 11 is 3.49. The molecule has 1 saturated heterocycles. The number of hydrogen-bond donors (Lipinski definition) is 0. The number of rotatable bonds is 1. The average molecular weight is 324 g/mol. The van der Waals surface area contributed by atoms with Gasteiger partial charge in [0.05, 0.1) is 9.71 Å². The normalized spacial score (nSPS) is 17.4. The van der Waals surface area contributed by atoms with Gasteiger partial charge in [-0.15, -0.1) is 22.7 Å². The summed E-state index contributed by atoms with van der Waals surface area (Å²) < 4.78 is 6.71. The minimum atomic E-state index is -0.423. The summed E-state index contributed by atoms with van der Waals surface area (Å²) in [5.41, 5.74) is -0.423. The largest absolute Gasteiger partial charge is 0.444 e. The van der Waals surface area contributed by atoms with Gasteiger partial charge in [-0.05, 0) is 45.1 Å². The fourth-order valence-corrected chi connectivity index (χ4v) is 4.61. The molecule has 0 atom stereocenters. The summed E-state index contributed by atoms with van der Waals surface area (Å²) in [5.74, 6) is 0.480. The molecule has 1 aliphatic heterocycles. The number of likely N-dealkylation sites (tertiary alicyclic amines) is 1. The number of hydrogen-bond acceptors (Lipinski definition) is 5. The SMILES string of the molecule is CC(C)(C)OC(=O)N1CCC(c2nc3sccc3s2)CC1. The minimum absolute atomic E-state index is 0.193. The van der Waals surface area contributed by atoms with Crippen molar-refractivity contribution in [3.8, 4) is 0 Å². The third-order valence-corrected chi connectivity index (χ3v) is 5.65. The molecule has 4 nitrogen and oxygen atoms in total. The molecule has 0 spiro atoms. The van der Waals surface area contributed by atoms with Gasteiger partial charge < -0.3 is 9.64 Å². The standard InChI is InChI=1S/C15H20N2O2S2/c1-15(2,3)19-14(18)17-7-4-10(5-8-17)12-16-13-11(21-12)6-9-20-13/h6,9-10H,4-5,7-8H2,1-3H3. The third-order valence-electron chi connectivity index (χ3n) is 3.53. The van der Waals surface area contributed by atoms with Gasteiger partial charge in [-0.1, -0.05) is 0 Å². The van der Waals surface area contributed by atoms with Crippen LogP contribution in [0.3, 0.4) is 0 Å². The Morgan fingerprint density at radius 1 is 1.38 bits per heavy atom. The van der Waals surface area contributed by atoms with E-state index in [2.05, 4.69) is 11.4 Å². The van der Waals surface area contributed by atoms with Crippen molar-refractivity contribution >= 4 is 38.3 Å². The van der Waals surface area contributed by atoms with Crippen LogP contribution in [0.25, 0.3) is 9.53 Å². The molecule has 2 aromatic heterocycles. The molecule has 1 aliphatic rings. The second-order valence-electron chi connectivity index (χ2n) is 6.38. The molecule has 0 saturated carbocycles. The monoisotopic (exact) mass is 324 g/mol. The van der Waals surface area contributed by atoms with E-state index in [1.165, 1.54) is 9.71 Å². The Hall–Kier alpha value is -1.14. The van der Waals surface area contributed by atoms with E-state index < -0.39 is 5.60 Å². The fraction of sp³-hybridized carbons (Fsp3) is 0.600. The van der Waals surface area contributed by atoms with E-state index in [4.69, 9.17) is 9.72 Å². The van der Waals surface area contributed by atoms with Crippen LogP contribution < -0.4 is 0 Å². The number of thiophene rings is 1. The minimum Gasteiger partial charge on any atom is -0.444 e. The number of nitrogens with zero attached hydrogens (tertiary/aromatic N) is 2. The van der Waals surface area contributed by atoms with Gasteiger partial charge in [-0.2, -0.15) is 0 Å². The molecule has 0 bridgehead atoms. The van der Waals surface area contributed by atoms with Gasteiger partial charge >= 0.3 is 6.09 Å². The van der Waals surface area contributed by atoms with Crippen LogP contribution in [0.4, 0.5) is 4.79 Å². The summed E-state index contributed by atoms with van der Waals surface area (Å²) in [6.45, 7) is 7.22. The van der Waals surface area contributed by atoms with E-state index in [-0.39, 0.29) is 6.09 Å². The smallest absolute Gasteiger partial charge is 0.410 e. The highest BCUT2D eigenvalue weighted by molar-refractivity contribution is 7.26. The van der Waals surface area contributed by atoms with Gasteiger partial charge in [0.15, 0.2) is 0 Å². The van der Waals surface area contributed by atoms with E-state index in [1.807, 2.05) is 25.7 Å². The van der Waals surface area contributed by atoms with Gasteiger partial charge in [0.1, 0.15) is 10.4 Å². The van der Waals surface area contributed by atoms with Crippen LogP contribution >= 0.6 is 22.7 Å². The number of piperidine rings is 1. The molecule has 0 radical (unpaired) electrons. The van der Waals surface area contributed by atoms with Crippen molar-refractivity contribution in [3.63, 3.8) is 0 Å². The second kappa shape index (κ2) is 5.57. The topological polar surface area (TPSA) is 42.4 Å². The summed E-state index contributed by atoms with van der Waals surface area (Å²) in [7, 11) is 0. The molecular formula is C15H20N2O2S2. The molecule has 0 aromatic carbocycles. The number of aromatic nitrogens is 1. The molecule has 21 heavy (non-hydrogen) atoms. The van der Waals surface area contributed by atoms with E-state index in [0.717, 1.165) is 30.8 Å². The van der Waals surface area contributed by atoms with Crippen molar-refractivity contribution in [2.45, 2.75) is 45.1 Å². The zero-order valence-corrected chi connectivity index (χ0v) is 14.2. The van der Waals surface area contributed by atoms with Gasteiger partial charge in [0.25, 0.3) is 0 Å². The fourth-order valence-electron chi connectivity index (χ4n) is 2.49. The van der Waals surface area contributed by atoms with Gasteiger partial charge in [-0.3, -0.25) is 0 Å². The number of carbonyl (C=O) groups is 1. The molecule has 3 rings (SSSR count). The van der Waals surface area contributed by atoms with Crippen molar-refractivity contribution < 1.29 is 9.53 Å². The lowest BCUT2D eigenvalue weighted by atomic mass is 9.98. The maximum Gasteiger partial charge on any atom is 0.410 e. The van der Waals surface area contributed by atoms with Crippen LogP contribution in [0, 0.1) is 0 Å². The molecule has 6 heteroatoms. The summed E-state index contributed by atoms with van der Waals surface area (Å²) in [4.78, 5) is 19.7. The van der Waals surface area contributed by atoms with Crippen LogP contribution in [0.1, 0.15) is 44.5 Å². The van der Waals surface area contributed by atoms with E-state index in [0.29, 0.717) is 5.92 Å². The Morgan fingerprint density at radius 2 is 2.10 bits per heavy atom. The molecule has 2 aromatic rings. The van der Waals surface area contributed by atoms with Crippen LogP contribution in [-0.4, -0.2) is 34.7 Å². The summed E-state index contributed by atoms with van der Waals surface area (Å²) in [6, 6.07) is 2.14. The summed E-state index contributed by atoms with van der Waals surface area (Å²) in [6.07, 6.45) is 1.75. The van der Waals surface area contributed by atoms with Crippen LogP contribution in [0.5, 0.6) is 0 Å². The summed E-state index contributed by atoms with van der Waals surface area (Å²) in [5, 5.41) is 3.31. The van der Waals surface area contributed by atoms with Crippen LogP contribution in [0.15, 0.2) is 11.4 Å². The molecule has 0 unspecified atom stereocenters. The second-order valence-corrected chi connectivity index (χ2v) is 8.34. The maximum absolute atomic E-state index is 12.0. The van der Waals surface area contributed by atoms with Crippen molar-refractivity contribution in [1.82, 2.24) is 9.88 Å². The molecule has 1 amide bonds. The van der Waals surface area contributed by atoms with Crippen molar-refractivity contribution in [2.75, 3.05) is 13.1 Å². The quantitative estimate of drug-likeness (QED) is 0.777. The highest BCUT2D eigenvalue weighted by Gasteiger charge is 2.28. The van der Waals surface area contributed by atoms with Gasteiger partial charge in [-0.25, -0.2) is 9.78 Å². The predicted molar refractivity (Wildman–Crippen MR) is 87.3 cm³/mol. The van der Waals surface area contributed by atoms with Crippen molar-refractivity contribution in [2.24, 2.45) is 0 Å². The van der Waals surface area contributed by atoms with E-state index >= 15 is 0 Å². The number of thiazole rings is 1. The first kappa shape index (κ1) is 14.8. The lowest BCUT2D eigenvalue weighted by molar-refractivity contribution is 0.0205. The van der Waals surface area contributed by atoms with Crippen molar-refractivity contribution in [3.05, 3.63) is 16.5 Å².